The molecule has 1 aromatic carbocycles. The van der Waals surface area contributed by atoms with Crippen LogP contribution < -0.4 is 5.32 Å². The number of likely N-dealkylation sites (N-methyl/N-ethyl adjacent to an activating group) is 2. The highest BCUT2D eigenvalue weighted by molar-refractivity contribution is 7.20. The lowest BCUT2D eigenvalue weighted by atomic mass is 10.2. The van der Waals surface area contributed by atoms with Gasteiger partial charge in [-0.25, -0.2) is 4.39 Å². The standard InChI is InChI=1S/C18H21FN4OS/c1-12-15-10-16(17(24)22(3)9-8-20-2)25-18(15)23(21-12)11-13-4-6-14(19)7-5-13/h4-7,10,20H,8-9,11H2,1-3H3. The van der Waals surface area contributed by atoms with Crippen molar-refractivity contribution < 1.29 is 9.18 Å². The number of hydrogen-bond acceptors (Lipinski definition) is 4. The molecule has 2 heterocycles. The summed E-state index contributed by atoms with van der Waals surface area (Å²) < 4.78 is 15.0. The summed E-state index contributed by atoms with van der Waals surface area (Å²) in [5, 5.41) is 8.60. The van der Waals surface area contributed by atoms with Crippen molar-refractivity contribution in [3.63, 3.8) is 0 Å². The summed E-state index contributed by atoms with van der Waals surface area (Å²) >= 11 is 1.45. The molecule has 0 spiro atoms. The number of aromatic nitrogens is 2. The Morgan fingerprint density at radius 2 is 2.08 bits per heavy atom. The maximum Gasteiger partial charge on any atom is 0.263 e. The van der Waals surface area contributed by atoms with E-state index in [1.54, 1.807) is 17.0 Å². The van der Waals surface area contributed by atoms with E-state index in [9.17, 15) is 9.18 Å². The van der Waals surface area contributed by atoms with Crippen molar-refractivity contribution in [2.45, 2.75) is 13.5 Å². The summed E-state index contributed by atoms with van der Waals surface area (Å²) in [6, 6.07) is 8.32. The van der Waals surface area contributed by atoms with Crippen molar-refractivity contribution in [1.29, 1.82) is 0 Å². The zero-order valence-electron chi connectivity index (χ0n) is 14.5. The Morgan fingerprint density at radius 3 is 2.76 bits per heavy atom. The molecule has 25 heavy (non-hydrogen) atoms. The maximum absolute atomic E-state index is 13.1. The van der Waals surface area contributed by atoms with Crippen LogP contribution in [0.15, 0.2) is 30.3 Å². The lowest BCUT2D eigenvalue weighted by Gasteiger charge is -2.15. The first-order valence-electron chi connectivity index (χ1n) is 8.11. The third-order valence-corrected chi connectivity index (χ3v) is 5.24. The van der Waals surface area contributed by atoms with Gasteiger partial charge in [0.1, 0.15) is 10.6 Å². The number of thiophene rings is 1. The lowest BCUT2D eigenvalue weighted by Crippen LogP contribution is -2.32. The second kappa shape index (κ2) is 7.33. The molecule has 0 aliphatic heterocycles. The molecule has 0 atom stereocenters. The van der Waals surface area contributed by atoms with Crippen LogP contribution in [-0.2, 0) is 6.54 Å². The predicted molar refractivity (Wildman–Crippen MR) is 98.7 cm³/mol. The molecule has 7 heteroatoms. The number of nitrogens with one attached hydrogen (secondary N) is 1. The van der Waals surface area contributed by atoms with Gasteiger partial charge in [-0.05, 0) is 37.7 Å². The number of fused-ring (bicyclic) bond motifs is 1. The van der Waals surface area contributed by atoms with E-state index in [1.165, 1.54) is 23.5 Å². The fourth-order valence-corrected chi connectivity index (χ4v) is 3.81. The number of halogens is 1. The van der Waals surface area contributed by atoms with Gasteiger partial charge in [0.2, 0.25) is 0 Å². The van der Waals surface area contributed by atoms with Crippen molar-refractivity contribution >= 4 is 27.5 Å². The van der Waals surface area contributed by atoms with Crippen LogP contribution in [0.2, 0.25) is 0 Å². The second-order valence-electron chi connectivity index (χ2n) is 6.03. The molecule has 0 fully saturated rings. The minimum Gasteiger partial charge on any atom is -0.340 e. The Balaban J connectivity index is 1.87. The molecule has 0 radical (unpaired) electrons. The molecule has 3 rings (SSSR count). The monoisotopic (exact) mass is 360 g/mol. The van der Waals surface area contributed by atoms with E-state index in [0.29, 0.717) is 18.0 Å². The average Bonchev–Trinajstić information content (AvgIpc) is 3.16. The van der Waals surface area contributed by atoms with Gasteiger partial charge in [0.25, 0.3) is 5.91 Å². The van der Waals surface area contributed by atoms with Crippen LogP contribution in [0.1, 0.15) is 20.9 Å². The highest BCUT2D eigenvalue weighted by Crippen LogP contribution is 2.29. The topological polar surface area (TPSA) is 50.2 Å². The van der Waals surface area contributed by atoms with E-state index in [2.05, 4.69) is 10.4 Å². The van der Waals surface area contributed by atoms with Gasteiger partial charge < -0.3 is 10.2 Å². The van der Waals surface area contributed by atoms with Gasteiger partial charge in [-0.15, -0.1) is 11.3 Å². The van der Waals surface area contributed by atoms with Crippen LogP contribution in [0.3, 0.4) is 0 Å². The van der Waals surface area contributed by atoms with Crippen LogP contribution in [0.25, 0.3) is 10.2 Å². The van der Waals surface area contributed by atoms with E-state index < -0.39 is 0 Å². The van der Waals surface area contributed by atoms with Gasteiger partial charge in [-0.1, -0.05) is 12.1 Å². The molecular weight excluding hydrogens is 339 g/mol. The first-order chi connectivity index (χ1) is 12.0. The highest BCUT2D eigenvalue weighted by atomic mass is 32.1. The molecule has 0 aliphatic rings. The van der Waals surface area contributed by atoms with Gasteiger partial charge in [0, 0.05) is 25.5 Å². The summed E-state index contributed by atoms with van der Waals surface area (Å²) in [5.41, 5.74) is 1.86. The van der Waals surface area contributed by atoms with E-state index in [4.69, 9.17) is 0 Å². The number of aryl methyl sites for hydroxylation is 1. The molecule has 0 saturated carbocycles. The highest BCUT2D eigenvalue weighted by Gasteiger charge is 2.18. The summed E-state index contributed by atoms with van der Waals surface area (Å²) in [6.45, 7) is 3.90. The second-order valence-corrected chi connectivity index (χ2v) is 7.06. The Kier molecular flexibility index (Phi) is 5.15. The number of benzene rings is 1. The number of nitrogens with zero attached hydrogens (tertiary/aromatic N) is 3. The number of carbonyl (C=O) groups is 1. The minimum absolute atomic E-state index is 0.0178. The molecule has 2 aromatic heterocycles. The molecule has 0 aliphatic carbocycles. The molecule has 1 amide bonds. The Morgan fingerprint density at radius 1 is 1.36 bits per heavy atom. The van der Waals surface area contributed by atoms with Gasteiger partial charge in [-0.2, -0.15) is 5.10 Å². The predicted octanol–water partition coefficient (Wildman–Crippen LogP) is 2.89. The summed E-state index contributed by atoms with van der Waals surface area (Å²) in [6.07, 6.45) is 0. The molecular formula is C18H21FN4OS. The van der Waals surface area contributed by atoms with E-state index >= 15 is 0 Å². The van der Waals surface area contributed by atoms with Gasteiger partial charge in [0.15, 0.2) is 0 Å². The van der Waals surface area contributed by atoms with E-state index in [1.807, 2.05) is 31.8 Å². The van der Waals surface area contributed by atoms with E-state index in [-0.39, 0.29) is 11.7 Å². The van der Waals surface area contributed by atoms with Crippen molar-refractivity contribution in [1.82, 2.24) is 20.0 Å². The maximum atomic E-state index is 13.1. The normalized spacial score (nSPS) is 11.2. The number of rotatable bonds is 6. The number of hydrogen-bond donors (Lipinski definition) is 1. The van der Waals surface area contributed by atoms with Crippen molar-refractivity contribution in [3.05, 3.63) is 52.3 Å². The summed E-state index contributed by atoms with van der Waals surface area (Å²) in [5.74, 6) is -0.233. The van der Waals surface area contributed by atoms with Gasteiger partial charge in [0.05, 0.1) is 17.1 Å². The largest absolute Gasteiger partial charge is 0.340 e. The Labute approximate surface area is 150 Å². The average molecular weight is 360 g/mol. The zero-order chi connectivity index (χ0) is 18.0. The first-order valence-corrected chi connectivity index (χ1v) is 8.92. The van der Waals surface area contributed by atoms with Crippen LogP contribution in [0.4, 0.5) is 4.39 Å². The molecule has 5 nitrogen and oxygen atoms in total. The number of carbonyl (C=O) groups excluding carboxylic acids is 1. The van der Waals surface area contributed by atoms with Crippen LogP contribution in [-0.4, -0.2) is 47.8 Å². The van der Waals surface area contributed by atoms with Gasteiger partial charge in [-0.3, -0.25) is 9.48 Å². The van der Waals surface area contributed by atoms with Gasteiger partial charge >= 0.3 is 0 Å². The van der Waals surface area contributed by atoms with Crippen molar-refractivity contribution in [3.8, 4) is 0 Å². The molecule has 0 unspecified atom stereocenters. The van der Waals surface area contributed by atoms with Crippen LogP contribution >= 0.6 is 11.3 Å². The Hall–Kier alpha value is -2.25. The third kappa shape index (κ3) is 3.72. The summed E-state index contributed by atoms with van der Waals surface area (Å²) in [4.78, 5) is 16.0. The smallest absolute Gasteiger partial charge is 0.263 e. The lowest BCUT2D eigenvalue weighted by molar-refractivity contribution is 0.0801. The molecule has 1 N–H and O–H groups in total. The molecule has 3 aromatic rings. The minimum atomic E-state index is -0.251. The molecule has 0 saturated heterocycles. The fourth-order valence-electron chi connectivity index (χ4n) is 2.66. The van der Waals surface area contributed by atoms with E-state index in [0.717, 1.165) is 28.0 Å². The first kappa shape index (κ1) is 17.6. The molecule has 0 bridgehead atoms. The zero-order valence-corrected chi connectivity index (χ0v) is 15.4. The van der Waals surface area contributed by atoms with Crippen molar-refractivity contribution in [2.24, 2.45) is 0 Å². The molecule has 132 valence electrons. The van der Waals surface area contributed by atoms with Crippen molar-refractivity contribution in [2.75, 3.05) is 27.2 Å². The van der Waals surface area contributed by atoms with Crippen LogP contribution in [0.5, 0.6) is 0 Å². The van der Waals surface area contributed by atoms with Crippen LogP contribution in [0, 0.1) is 12.7 Å². The Bertz CT molecular complexity index is 885. The summed E-state index contributed by atoms with van der Waals surface area (Å²) in [7, 11) is 3.67. The SMILES string of the molecule is CNCCN(C)C(=O)c1cc2c(C)nn(Cc3ccc(F)cc3)c2s1. The fraction of sp³-hybridized carbons (Fsp3) is 0.333. The quantitative estimate of drug-likeness (QED) is 0.735. The number of amides is 1. The third-order valence-electron chi connectivity index (χ3n) is 4.11.